The Labute approximate surface area is 72.5 Å². The van der Waals surface area contributed by atoms with Gasteiger partial charge in [0.15, 0.2) is 0 Å². The molecule has 0 fully saturated rings. The minimum Gasteiger partial charge on any atom is -0.383 e. The lowest BCUT2D eigenvalue weighted by atomic mass is 10.3. The SMILES string of the molecule is CCN(CC(F)F)[C@H](C)COC. The first kappa shape index (κ1) is 11.8. The van der Waals surface area contributed by atoms with Crippen LogP contribution in [0.3, 0.4) is 0 Å². The van der Waals surface area contributed by atoms with Gasteiger partial charge in [-0.3, -0.25) is 4.90 Å². The van der Waals surface area contributed by atoms with Crippen molar-refractivity contribution in [3.05, 3.63) is 0 Å². The maximum Gasteiger partial charge on any atom is 0.251 e. The standard InChI is InChI=1S/C8H17F2NO/c1-4-11(5-8(9)10)7(2)6-12-3/h7-8H,4-6H2,1-3H3/t7-/m1/s1. The third kappa shape index (κ3) is 4.62. The largest absolute Gasteiger partial charge is 0.383 e. The van der Waals surface area contributed by atoms with E-state index in [-0.39, 0.29) is 12.6 Å². The quantitative estimate of drug-likeness (QED) is 0.617. The molecule has 0 spiro atoms. The van der Waals surface area contributed by atoms with Crippen molar-refractivity contribution in [2.45, 2.75) is 26.3 Å². The van der Waals surface area contributed by atoms with E-state index in [2.05, 4.69) is 0 Å². The third-order valence-electron chi connectivity index (χ3n) is 1.81. The second kappa shape index (κ2) is 6.31. The zero-order chi connectivity index (χ0) is 9.56. The molecular weight excluding hydrogens is 164 g/mol. The Bertz CT molecular complexity index is 111. The van der Waals surface area contributed by atoms with Crippen LogP contribution in [-0.4, -0.2) is 44.2 Å². The van der Waals surface area contributed by atoms with Crippen LogP contribution in [0.2, 0.25) is 0 Å². The number of nitrogens with zero attached hydrogens (tertiary/aromatic N) is 1. The average molecular weight is 181 g/mol. The van der Waals surface area contributed by atoms with Crippen LogP contribution >= 0.6 is 0 Å². The van der Waals surface area contributed by atoms with Crippen molar-refractivity contribution in [3.8, 4) is 0 Å². The summed E-state index contributed by atoms with van der Waals surface area (Å²) in [5.41, 5.74) is 0. The fraction of sp³-hybridized carbons (Fsp3) is 1.00. The van der Waals surface area contributed by atoms with Gasteiger partial charge in [-0.05, 0) is 13.5 Å². The lowest BCUT2D eigenvalue weighted by molar-refractivity contribution is 0.0444. The summed E-state index contributed by atoms with van der Waals surface area (Å²) < 4.78 is 28.9. The molecule has 0 aromatic rings. The number of likely N-dealkylation sites (N-methyl/N-ethyl adjacent to an activating group) is 1. The van der Waals surface area contributed by atoms with Crippen LogP contribution in [0.4, 0.5) is 8.78 Å². The van der Waals surface area contributed by atoms with Crippen LogP contribution < -0.4 is 0 Å². The number of hydrogen-bond acceptors (Lipinski definition) is 2. The summed E-state index contributed by atoms with van der Waals surface area (Å²) in [7, 11) is 1.58. The summed E-state index contributed by atoms with van der Waals surface area (Å²) in [4.78, 5) is 1.70. The predicted octanol–water partition coefficient (Wildman–Crippen LogP) is 1.61. The Morgan fingerprint density at radius 2 is 2.00 bits per heavy atom. The van der Waals surface area contributed by atoms with Gasteiger partial charge in [0, 0.05) is 13.2 Å². The molecular formula is C8H17F2NO. The molecule has 0 aromatic heterocycles. The van der Waals surface area contributed by atoms with Crippen LogP contribution in [0.1, 0.15) is 13.8 Å². The number of hydrogen-bond donors (Lipinski definition) is 0. The van der Waals surface area contributed by atoms with Crippen LogP contribution in [0, 0.1) is 0 Å². The molecule has 0 unspecified atom stereocenters. The molecule has 0 rings (SSSR count). The maximum absolute atomic E-state index is 12.0. The van der Waals surface area contributed by atoms with Crippen LogP contribution in [0.5, 0.6) is 0 Å². The molecule has 0 saturated carbocycles. The van der Waals surface area contributed by atoms with E-state index in [1.165, 1.54) is 0 Å². The van der Waals surface area contributed by atoms with Crippen LogP contribution in [-0.2, 0) is 4.74 Å². The molecule has 0 heterocycles. The van der Waals surface area contributed by atoms with E-state index in [0.717, 1.165) is 0 Å². The van der Waals surface area contributed by atoms with E-state index >= 15 is 0 Å². The van der Waals surface area contributed by atoms with Gasteiger partial charge >= 0.3 is 0 Å². The van der Waals surface area contributed by atoms with Gasteiger partial charge in [-0.1, -0.05) is 6.92 Å². The van der Waals surface area contributed by atoms with Crippen molar-refractivity contribution in [2.24, 2.45) is 0 Å². The van der Waals surface area contributed by atoms with Gasteiger partial charge in [-0.15, -0.1) is 0 Å². The summed E-state index contributed by atoms with van der Waals surface area (Å²) >= 11 is 0. The summed E-state index contributed by atoms with van der Waals surface area (Å²) in [5.74, 6) is 0. The second-order valence-corrected chi connectivity index (χ2v) is 2.78. The van der Waals surface area contributed by atoms with Crippen molar-refractivity contribution in [3.63, 3.8) is 0 Å². The monoisotopic (exact) mass is 181 g/mol. The lowest BCUT2D eigenvalue weighted by Gasteiger charge is -2.26. The van der Waals surface area contributed by atoms with E-state index in [1.54, 1.807) is 12.0 Å². The number of halogens is 2. The normalized spacial score (nSPS) is 14.2. The Hall–Kier alpha value is -0.220. The Morgan fingerprint density at radius 3 is 2.33 bits per heavy atom. The molecule has 0 aliphatic heterocycles. The summed E-state index contributed by atoms with van der Waals surface area (Å²) in [5, 5.41) is 0. The highest BCUT2D eigenvalue weighted by Gasteiger charge is 2.15. The third-order valence-corrected chi connectivity index (χ3v) is 1.81. The molecule has 0 radical (unpaired) electrons. The lowest BCUT2D eigenvalue weighted by Crippen LogP contribution is -2.39. The summed E-state index contributed by atoms with van der Waals surface area (Å²) in [6.07, 6.45) is -2.26. The molecule has 1 atom stereocenters. The minimum atomic E-state index is -2.26. The van der Waals surface area contributed by atoms with Gasteiger partial charge in [0.1, 0.15) is 0 Å². The first-order valence-electron chi connectivity index (χ1n) is 4.12. The first-order chi connectivity index (χ1) is 5.61. The van der Waals surface area contributed by atoms with Gasteiger partial charge in [0.2, 0.25) is 0 Å². The van der Waals surface area contributed by atoms with Crippen LogP contribution in [0.25, 0.3) is 0 Å². The van der Waals surface area contributed by atoms with Crippen molar-refractivity contribution < 1.29 is 13.5 Å². The first-order valence-corrected chi connectivity index (χ1v) is 4.12. The zero-order valence-electron chi connectivity index (χ0n) is 7.89. The molecule has 4 heteroatoms. The van der Waals surface area contributed by atoms with Crippen molar-refractivity contribution in [1.82, 2.24) is 4.90 Å². The van der Waals surface area contributed by atoms with Crippen molar-refractivity contribution >= 4 is 0 Å². The summed E-state index contributed by atoms with van der Waals surface area (Å²) in [6.45, 7) is 4.72. The Morgan fingerprint density at radius 1 is 1.42 bits per heavy atom. The van der Waals surface area contributed by atoms with E-state index in [4.69, 9.17) is 4.74 Å². The van der Waals surface area contributed by atoms with E-state index < -0.39 is 6.43 Å². The van der Waals surface area contributed by atoms with Crippen molar-refractivity contribution in [1.29, 1.82) is 0 Å². The molecule has 12 heavy (non-hydrogen) atoms. The molecule has 0 bridgehead atoms. The number of ether oxygens (including phenoxy) is 1. The minimum absolute atomic E-state index is 0.0639. The number of methoxy groups -OCH3 is 1. The molecule has 0 amide bonds. The highest BCUT2D eigenvalue weighted by molar-refractivity contribution is 4.65. The highest BCUT2D eigenvalue weighted by atomic mass is 19.3. The van der Waals surface area contributed by atoms with Crippen molar-refractivity contribution in [2.75, 3.05) is 26.8 Å². The molecule has 0 aliphatic rings. The van der Waals surface area contributed by atoms with Crippen LogP contribution in [0.15, 0.2) is 0 Å². The fourth-order valence-corrected chi connectivity index (χ4v) is 1.14. The second-order valence-electron chi connectivity index (χ2n) is 2.78. The Balaban J connectivity index is 3.78. The molecule has 0 N–H and O–H groups in total. The van der Waals surface area contributed by atoms with E-state index in [0.29, 0.717) is 13.2 Å². The van der Waals surface area contributed by atoms with E-state index in [9.17, 15) is 8.78 Å². The van der Waals surface area contributed by atoms with Gasteiger partial charge in [0.05, 0.1) is 13.2 Å². The molecule has 74 valence electrons. The number of rotatable bonds is 6. The Kier molecular flexibility index (Phi) is 6.20. The molecule has 0 aliphatic carbocycles. The average Bonchev–Trinajstić information content (AvgIpc) is 2.00. The fourth-order valence-electron chi connectivity index (χ4n) is 1.14. The van der Waals surface area contributed by atoms with Gasteiger partial charge in [-0.2, -0.15) is 0 Å². The van der Waals surface area contributed by atoms with Gasteiger partial charge in [-0.25, -0.2) is 8.78 Å². The topological polar surface area (TPSA) is 12.5 Å². The molecule has 2 nitrogen and oxygen atoms in total. The van der Waals surface area contributed by atoms with Gasteiger partial charge in [0.25, 0.3) is 6.43 Å². The number of alkyl halides is 2. The molecule has 0 saturated heterocycles. The maximum atomic E-state index is 12.0. The van der Waals surface area contributed by atoms with E-state index in [1.807, 2.05) is 13.8 Å². The smallest absolute Gasteiger partial charge is 0.251 e. The van der Waals surface area contributed by atoms with Gasteiger partial charge < -0.3 is 4.74 Å². The predicted molar refractivity (Wildman–Crippen MR) is 44.6 cm³/mol. The molecule has 0 aromatic carbocycles. The highest BCUT2D eigenvalue weighted by Crippen LogP contribution is 2.03. The summed E-state index contributed by atoms with van der Waals surface area (Å²) in [6, 6.07) is 0.0639. The zero-order valence-corrected chi connectivity index (χ0v) is 7.89.